The Labute approximate surface area is 90.8 Å². The zero-order chi connectivity index (χ0) is 11.3. The minimum atomic E-state index is -0.210. The molecule has 1 rings (SSSR count). The van der Waals surface area contributed by atoms with Gasteiger partial charge in [0.1, 0.15) is 5.78 Å². The second-order valence-electron chi connectivity index (χ2n) is 4.28. The Morgan fingerprint density at radius 1 is 1.33 bits per heavy atom. The van der Waals surface area contributed by atoms with Crippen LogP contribution in [0.4, 0.5) is 0 Å². The van der Waals surface area contributed by atoms with Crippen molar-refractivity contribution in [2.24, 2.45) is 11.7 Å². The predicted molar refractivity (Wildman–Crippen MR) is 58.3 cm³/mol. The Bertz CT molecular complexity index is 233. The number of nitrogens with zero attached hydrogens (tertiary/aromatic N) is 1. The lowest BCUT2D eigenvalue weighted by Gasteiger charge is -2.30. The van der Waals surface area contributed by atoms with Crippen molar-refractivity contribution in [1.29, 1.82) is 0 Å². The minimum absolute atomic E-state index is 0.210. The number of hydrogen-bond acceptors (Lipinski definition) is 3. The van der Waals surface area contributed by atoms with Crippen molar-refractivity contribution in [3.05, 3.63) is 0 Å². The van der Waals surface area contributed by atoms with Gasteiger partial charge in [-0.05, 0) is 31.8 Å². The third kappa shape index (κ3) is 4.42. The molecule has 0 bridgehead atoms. The van der Waals surface area contributed by atoms with Gasteiger partial charge in [-0.2, -0.15) is 0 Å². The number of primary amides is 1. The normalized spacial score (nSPS) is 19.0. The van der Waals surface area contributed by atoms with Gasteiger partial charge in [-0.25, -0.2) is 0 Å². The maximum absolute atomic E-state index is 11.2. The van der Waals surface area contributed by atoms with E-state index in [0.29, 0.717) is 31.1 Å². The SMILES string of the molecule is CCC(=O)CN1CCC(CC(N)=O)CC1. The van der Waals surface area contributed by atoms with E-state index in [-0.39, 0.29) is 5.91 Å². The maximum Gasteiger partial charge on any atom is 0.217 e. The average molecular weight is 212 g/mol. The van der Waals surface area contributed by atoms with Crippen LogP contribution in [0, 0.1) is 5.92 Å². The molecule has 0 aromatic rings. The zero-order valence-corrected chi connectivity index (χ0v) is 9.37. The monoisotopic (exact) mass is 212 g/mol. The molecule has 4 heteroatoms. The molecule has 1 saturated heterocycles. The molecule has 0 unspecified atom stereocenters. The summed E-state index contributed by atoms with van der Waals surface area (Å²) in [6.07, 6.45) is 3.08. The van der Waals surface area contributed by atoms with Crippen molar-refractivity contribution in [3.8, 4) is 0 Å². The van der Waals surface area contributed by atoms with Crippen LogP contribution in [0.25, 0.3) is 0 Å². The van der Waals surface area contributed by atoms with Crippen molar-refractivity contribution >= 4 is 11.7 Å². The number of hydrogen-bond donors (Lipinski definition) is 1. The van der Waals surface area contributed by atoms with Crippen LogP contribution in [0.5, 0.6) is 0 Å². The number of rotatable bonds is 5. The van der Waals surface area contributed by atoms with Crippen molar-refractivity contribution in [1.82, 2.24) is 4.90 Å². The lowest BCUT2D eigenvalue weighted by Crippen LogP contribution is -2.38. The molecule has 1 aliphatic rings. The maximum atomic E-state index is 11.2. The summed E-state index contributed by atoms with van der Waals surface area (Å²) < 4.78 is 0. The topological polar surface area (TPSA) is 63.4 Å². The van der Waals surface area contributed by atoms with E-state index in [1.807, 2.05) is 6.92 Å². The molecule has 0 saturated carbocycles. The molecular weight excluding hydrogens is 192 g/mol. The van der Waals surface area contributed by atoms with Crippen LogP contribution < -0.4 is 5.73 Å². The second-order valence-corrected chi connectivity index (χ2v) is 4.28. The Morgan fingerprint density at radius 3 is 2.40 bits per heavy atom. The molecule has 1 fully saturated rings. The summed E-state index contributed by atoms with van der Waals surface area (Å²) in [5, 5.41) is 0. The van der Waals surface area contributed by atoms with E-state index in [4.69, 9.17) is 5.73 Å². The Morgan fingerprint density at radius 2 is 1.93 bits per heavy atom. The third-order valence-electron chi connectivity index (χ3n) is 2.99. The van der Waals surface area contributed by atoms with Crippen molar-refractivity contribution < 1.29 is 9.59 Å². The summed E-state index contributed by atoms with van der Waals surface area (Å²) >= 11 is 0. The van der Waals surface area contributed by atoms with Crippen LogP contribution in [0.2, 0.25) is 0 Å². The molecule has 1 amide bonds. The molecule has 2 N–H and O–H groups in total. The van der Waals surface area contributed by atoms with E-state index in [9.17, 15) is 9.59 Å². The van der Waals surface area contributed by atoms with Crippen molar-refractivity contribution in [2.75, 3.05) is 19.6 Å². The molecule has 0 atom stereocenters. The molecule has 0 aromatic carbocycles. The van der Waals surface area contributed by atoms with E-state index >= 15 is 0 Å². The Kier molecular flexibility index (Phi) is 4.75. The predicted octanol–water partition coefficient (Wildman–Crippen LogP) is 0.553. The number of ketones is 1. The number of Topliss-reactive ketones (excluding diaryl/α,β-unsaturated/α-hetero) is 1. The largest absolute Gasteiger partial charge is 0.370 e. The molecule has 86 valence electrons. The minimum Gasteiger partial charge on any atom is -0.370 e. The summed E-state index contributed by atoms with van der Waals surface area (Å²) in [7, 11) is 0. The lowest BCUT2D eigenvalue weighted by atomic mass is 9.93. The van der Waals surface area contributed by atoms with Gasteiger partial charge < -0.3 is 5.73 Å². The van der Waals surface area contributed by atoms with Gasteiger partial charge in [-0.3, -0.25) is 14.5 Å². The highest BCUT2D eigenvalue weighted by Gasteiger charge is 2.21. The van der Waals surface area contributed by atoms with Crippen LogP contribution >= 0.6 is 0 Å². The third-order valence-corrected chi connectivity index (χ3v) is 2.99. The van der Waals surface area contributed by atoms with Gasteiger partial charge in [0.25, 0.3) is 0 Å². The van der Waals surface area contributed by atoms with Crippen LogP contribution in [0.15, 0.2) is 0 Å². The molecule has 0 spiro atoms. The number of likely N-dealkylation sites (tertiary alicyclic amines) is 1. The zero-order valence-electron chi connectivity index (χ0n) is 9.37. The molecule has 1 aliphatic heterocycles. The molecule has 15 heavy (non-hydrogen) atoms. The fourth-order valence-corrected chi connectivity index (χ4v) is 1.99. The fraction of sp³-hybridized carbons (Fsp3) is 0.818. The van der Waals surface area contributed by atoms with Crippen molar-refractivity contribution in [2.45, 2.75) is 32.6 Å². The first-order valence-corrected chi connectivity index (χ1v) is 5.64. The lowest BCUT2D eigenvalue weighted by molar-refractivity contribution is -0.121. The first-order valence-electron chi connectivity index (χ1n) is 5.64. The van der Waals surface area contributed by atoms with Gasteiger partial charge in [0.2, 0.25) is 5.91 Å². The number of amides is 1. The Balaban J connectivity index is 2.23. The number of carbonyl (C=O) groups is 2. The summed E-state index contributed by atoms with van der Waals surface area (Å²) in [4.78, 5) is 24.1. The van der Waals surface area contributed by atoms with Crippen LogP contribution in [0.1, 0.15) is 32.6 Å². The average Bonchev–Trinajstić information content (AvgIpc) is 2.20. The highest BCUT2D eigenvalue weighted by Crippen LogP contribution is 2.19. The smallest absolute Gasteiger partial charge is 0.217 e. The highest BCUT2D eigenvalue weighted by atomic mass is 16.1. The second kappa shape index (κ2) is 5.85. The number of carbonyl (C=O) groups excluding carboxylic acids is 2. The van der Waals surface area contributed by atoms with E-state index < -0.39 is 0 Å². The van der Waals surface area contributed by atoms with Crippen LogP contribution in [-0.2, 0) is 9.59 Å². The first-order chi connectivity index (χ1) is 7.11. The molecule has 0 aromatic heterocycles. The molecular formula is C11H20N2O2. The van der Waals surface area contributed by atoms with Gasteiger partial charge in [0.15, 0.2) is 0 Å². The van der Waals surface area contributed by atoms with Crippen LogP contribution in [0.3, 0.4) is 0 Å². The van der Waals surface area contributed by atoms with E-state index in [2.05, 4.69) is 4.90 Å². The van der Waals surface area contributed by atoms with Gasteiger partial charge in [0.05, 0.1) is 6.54 Å². The van der Waals surface area contributed by atoms with Gasteiger partial charge in [-0.15, -0.1) is 0 Å². The standard InChI is InChI=1S/C11H20N2O2/c1-2-10(14)8-13-5-3-9(4-6-13)7-11(12)15/h9H,2-8H2,1H3,(H2,12,15). The summed E-state index contributed by atoms with van der Waals surface area (Å²) in [6.45, 7) is 4.30. The van der Waals surface area contributed by atoms with Crippen molar-refractivity contribution in [3.63, 3.8) is 0 Å². The van der Waals surface area contributed by atoms with E-state index in [0.717, 1.165) is 25.9 Å². The molecule has 4 nitrogen and oxygen atoms in total. The van der Waals surface area contributed by atoms with Gasteiger partial charge in [-0.1, -0.05) is 6.92 Å². The summed E-state index contributed by atoms with van der Waals surface area (Å²) in [6, 6.07) is 0. The Hall–Kier alpha value is -0.900. The number of piperidine rings is 1. The fourth-order valence-electron chi connectivity index (χ4n) is 1.99. The first kappa shape index (κ1) is 12.2. The van der Waals surface area contributed by atoms with Gasteiger partial charge in [0, 0.05) is 12.8 Å². The van der Waals surface area contributed by atoms with E-state index in [1.165, 1.54) is 0 Å². The quantitative estimate of drug-likeness (QED) is 0.724. The van der Waals surface area contributed by atoms with Crippen LogP contribution in [-0.4, -0.2) is 36.2 Å². The summed E-state index contributed by atoms with van der Waals surface area (Å²) in [5.41, 5.74) is 5.15. The highest BCUT2D eigenvalue weighted by molar-refractivity contribution is 5.80. The number of nitrogens with two attached hydrogens (primary N) is 1. The van der Waals surface area contributed by atoms with E-state index in [1.54, 1.807) is 0 Å². The molecule has 0 radical (unpaired) electrons. The molecule has 1 heterocycles. The molecule has 0 aliphatic carbocycles. The summed E-state index contributed by atoms with van der Waals surface area (Å²) in [5.74, 6) is 0.511. The van der Waals surface area contributed by atoms with Gasteiger partial charge >= 0.3 is 0 Å².